The number of hydrogen-bond donors (Lipinski definition) is 1. The first kappa shape index (κ1) is 10.1. The summed E-state index contributed by atoms with van der Waals surface area (Å²) in [5, 5.41) is 3.31. The number of rotatable bonds is 4. The van der Waals surface area contributed by atoms with E-state index in [4.69, 9.17) is 0 Å². The zero-order valence-corrected chi connectivity index (χ0v) is 8.60. The number of anilines is 1. The molecule has 0 aliphatic rings. The Morgan fingerprint density at radius 2 is 2.31 bits per heavy atom. The van der Waals surface area contributed by atoms with Crippen LogP contribution in [0.4, 0.5) is 5.13 Å². The van der Waals surface area contributed by atoms with E-state index in [1.165, 1.54) is 17.9 Å². The number of carbonyl (C=O) groups is 1. The summed E-state index contributed by atoms with van der Waals surface area (Å²) in [4.78, 5) is 15.4. The minimum Gasteiger partial charge on any atom is -0.300 e. The molecule has 0 radical (unpaired) electrons. The fourth-order valence-corrected chi connectivity index (χ4v) is 1.53. The number of nitrogens with zero attached hydrogens (tertiary/aromatic N) is 2. The molecule has 13 heavy (non-hydrogen) atoms. The number of amides is 1. The monoisotopic (exact) mass is 199 g/mol. The van der Waals surface area contributed by atoms with Gasteiger partial charge >= 0.3 is 0 Å². The van der Waals surface area contributed by atoms with E-state index in [1.807, 2.05) is 13.8 Å². The molecular formula is C8H13N3OS. The first-order valence-corrected chi connectivity index (χ1v) is 5.12. The topological polar surface area (TPSA) is 54.9 Å². The fourth-order valence-electron chi connectivity index (χ4n) is 1.10. The van der Waals surface area contributed by atoms with Crippen molar-refractivity contribution in [3.8, 4) is 0 Å². The Kier molecular flexibility index (Phi) is 3.82. The highest BCUT2D eigenvalue weighted by molar-refractivity contribution is 7.09. The smallest absolute Gasteiger partial charge is 0.229 e. The van der Waals surface area contributed by atoms with Gasteiger partial charge in [-0.3, -0.25) is 4.79 Å². The standard InChI is InChI=1S/C8H13N3OS/c1-3-6(4-2)7(12)11-8-9-5-10-13-8/h5-6H,3-4H2,1-2H3,(H,9,10,11,12). The second-order valence-corrected chi connectivity index (χ2v) is 3.53. The summed E-state index contributed by atoms with van der Waals surface area (Å²) >= 11 is 1.20. The molecule has 0 aliphatic carbocycles. The molecule has 1 N–H and O–H groups in total. The molecule has 1 heterocycles. The van der Waals surface area contributed by atoms with Gasteiger partial charge in [-0.1, -0.05) is 13.8 Å². The van der Waals surface area contributed by atoms with Crippen molar-refractivity contribution in [1.82, 2.24) is 9.36 Å². The van der Waals surface area contributed by atoms with Gasteiger partial charge in [0.25, 0.3) is 0 Å². The predicted octanol–water partition coefficient (Wildman–Crippen LogP) is 1.91. The Balaban J connectivity index is 2.49. The van der Waals surface area contributed by atoms with Crippen LogP contribution in [-0.4, -0.2) is 15.3 Å². The van der Waals surface area contributed by atoms with Gasteiger partial charge in [0.2, 0.25) is 11.0 Å². The maximum Gasteiger partial charge on any atom is 0.229 e. The molecule has 1 amide bonds. The van der Waals surface area contributed by atoms with Gasteiger partial charge in [0.1, 0.15) is 6.33 Å². The molecule has 5 heteroatoms. The molecule has 0 bridgehead atoms. The molecule has 1 aromatic heterocycles. The Morgan fingerprint density at radius 1 is 1.62 bits per heavy atom. The van der Waals surface area contributed by atoms with Gasteiger partial charge in [-0.05, 0) is 12.8 Å². The SMILES string of the molecule is CCC(CC)C(=O)Nc1ncns1. The highest BCUT2D eigenvalue weighted by atomic mass is 32.1. The number of carbonyl (C=O) groups excluding carboxylic acids is 1. The van der Waals surface area contributed by atoms with Crippen molar-refractivity contribution < 1.29 is 4.79 Å². The van der Waals surface area contributed by atoms with Crippen molar-refractivity contribution in [1.29, 1.82) is 0 Å². The van der Waals surface area contributed by atoms with Crippen LogP contribution >= 0.6 is 11.5 Å². The molecule has 0 spiro atoms. The van der Waals surface area contributed by atoms with Crippen LogP contribution in [0.5, 0.6) is 0 Å². The van der Waals surface area contributed by atoms with Crippen LogP contribution in [0, 0.1) is 5.92 Å². The molecule has 0 atom stereocenters. The molecule has 1 aromatic rings. The lowest BCUT2D eigenvalue weighted by molar-refractivity contribution is -0.120. The molecule has 0 saturated heterocycles. The molecule has 0 unspecified atom stereocenters. The number of aromatic nitrogens is 2. The Morgan fingerprint density at radius 3 is 2.77 bits per heavy atom. The third-order valence-corrected chi connectivity index (χ3v) is 2.53. The van der Waals surface area contributed by atoms with E-state index in [0.717, 1.165) is 12.8 Å². The normalized spacial score (nSPS) is 10.4. The molecule has 72 valence electrons. The number of hydrogen-bond acceptors (Lipinski definition) is 4. The average molecular weight is 199 g/mol. The molecular weight excluding hydrogens is 186 g/mol. The van der Waals surface area contributed by atoms with E-state index in [9.17, 15) is 4.79 Å². The molecule has 0 saturated carbocycles. The van der Waals surface area contributed by atoms with Gasteiger partial charge in [-0.25, -0.2) is 4.98 Å². The van der Waals surface area contributed by atoms with E-state index >= 15 is 0 Å². The highest BCUT2D eigenvalue weighted by Gasteiger charge is 2.14. The third kappa shape index (κ3) is 2.77. The third-order valence-electron chi connectivity index (χ3n) is 1.95. The van der Waals surface area contributed by atoms with Crippen molar-refractivity contribution >= 4 is 22.6 Å². The molecule has 4 nitrogen and oxygen atoms in total. The first-order chi connectivity index (χ1) is 6.27. The van der Waals surface area contributed by atoms with Gasteiger partial charge in [0.05, 0.1) is 0 Å². The minimum absolute atomic E-state index is 0.0433. The summed E-state index contributed by atoms with van der Waals surface area (Å²) in [6, 6.07) is 0. The summed E-state index contributed by atoms with van der Waals surface area (Å²) in [6.07, 6.45) is 3.16. The van der Waals surface area contributed by atoms with Gasteiger partial charge < -0.3 is 5.32 Å². The molecule has 0 aromatic carbocycles. The summed E-state index contributed by atoms with van der Waals surface area (Å²) in [7, 11) is 0. The summed E-state index contributed by atoms with van der Waals surface area (Å²) in [6.45, 7) is 4.02. The van der Waals surface area contributed by atoms with Crippen molar-refractivity contribution in [3.63, 3.8) is 0 Å². The van der Waals surface area contributed by atoms with E-state index < -0.39 is 0 Å². The summed E-state index contributed by atoms with van der Waals surface area (Å²) < 4.78 is 3.80. The maximum absolute atomic E-state index is 11.5. The molecule has 0 aliphatic heterocycles. The van der Waals surface area contributed by atoms with Crippen LogP contribution in [0.15, 0.2) is 6.33 Å². The predicted molar refractivity (Wildman–Crippen MR) is 52.6 cm³/mol. The number of nitrogens with one attached hydrogen (secondary N) is 1. The average Bonchev–Trinajstić information content (AvgIpc) is 2.59. The van der Waals surface area contributed by atoms with Crippen LogP contribution in [0.1, 0.15) is 26.7 Å². The molecule has 0 fully saturated rings. The van der Waals surface area contributed by atoms with Crippen molar-refractivity contribution in [3.05, 3.63) is 6.33 Å². The van der Waals surface area contributed by atoms with Crippen LogP contribution in [-0.2, 0) is 4.79 Å². The summed E-state index contributed by atoms with van der Waals surface area (Å²) in [5.74, 6) is 0.130. The van der Waals surface area contributed by atoms with E-state index in [0.29, 0.717) is 5.13 Å². The lowest BCUT2D eigenvalue weighted by atomic mass is 10.0. The van der Waals surface area contributed by atoms with Crippen LogP contribution in [0.25, 0.3) is 0 Å². The largest absolute Gasteiger partial charge is 0.300 e. The fraction of sp³-hybridized carbons (Fsp3) is 0.625. The van der Waals surface area contributed by atoms with Gasteiger partial charge in [-0.15, -0.1) is 0 Å². The summed E-state index contributed by atoms with van der Waals surface area (Å²) in [5.41, 5.74) is 0. The Labute approximate surface area is 81.6 Å². The van der Waals surface area contributed by atoms with Crippen LogP contribution in [0.3, 0.4) is 0 Å². The zero-order chi connectivity index (χ0) is 9.68. The van der Waals surface area contributed by atoms with Crippen molar-refractivity contribution in [2.24, 2.45) is 5.92 Å². The van der Waals surface area contributed by atoms with Crippen LogP contribution < -0.4 is 5.32 Å². The zero-order valence-electron chi connectivity index (χ0n) is 7.78. The van der Waals surface area contributed by atoms with Gasteiger partial charge in [0.15, 0.2) is 0 Å². The first-order valence-electron chi connectivity index (χ1n) is 4.35. The quantitative estimate of drug-likeness (QED) is 0.806. The second-order valence-electron chi connectivity index (χ2n) is 2.75. The van der Waals surface area contributed by atoms with Crippen LogP contribution in [0.2, 0.25) is 0 Å². The molecule has 1 rings (SSSR count). The second kappa shape index (κ2) is 4.91. The van der Waals surface area contributed by atoms with Crippen molar-refractivity contribution in [2.75, 3.05) is 5.32 Å². The minimum atomic E-state index is 0.0433. The van der Waals surface area contributed by atoms with E-state index in [1.54, 1.807) is 0 Å². The van der Waals surface area contributed by atoms with Gasteiger partial charge in [-0.2, -0.15) is 4.37 Å². The Bertz CT molecular complexity index is 256. The lowest BCUT2D eigenvalue weighted by Gasteiger charge is -2.09. The Hall–Kier alpha value is -0.970. The maximum atomic E-state index is 11.5. The van der Waals surface area contributed by atoms with E-state index in [2.05, 4.69) is 14.7 Å². The lowest BCUT2D eigenvalue weighted by Crippen LogP contribution is -2.21. The van der Waals surface area contributed by atoms with Gasteiger partial charge in [0, 0.05) is 17.5 Å². The van der Waals surface area contributed by atoms with Crippen molar-refractivity contribution in [2.45, 2.75) is 26.7 Å². The van der Waals surface area contributed by atoms with E-state index in [-0.39, 0.29) is 11.8 Å². The highest BCUT2D eigenvalue weighted by Crippen LogP contribution is 2.13.